The number of Topliss-reactive ketones (excluding diaryl/α,β-unsaturated/α-hetero) is 1. The molecule has 0 spiro atoms. The maximum Gasteiger partial charge on any atom is 0.303 e. The Morgan fingerprint density at radius 2 is 1.73 bits per heavy atom. The SMILES string of the molecule is CCOc1ccc(C(=O)CC2(CC(=O)O)CCCCC2)cc1. The number of hydrogen-bond acceptors (Lipinski definition) is 3. The highest BCUT2D eigenvalue weighted by Crippen LogP contribution is 2.43. The summed E-state index contributed by atoms with van der Waals surface area (Å²) in [6.45, 7) is 2.51. The highest BCUT2D eigenvalue weighted by atomic mass is 16.5. The predicted octanol–water partition coefficient (Wildman–Crippen LogP) is 4.08. The van der Waals surface area contributed by atoms with Crippen LogP contribution >= 0.6 is 0 Å². The van der Waals surface area contributed by atoms with Crippen LogP contribution in [0.4, 0.5) is 0 Å². The molecule has 120 valence electrons. The minimum Gasteiger partial charge on any atom is -0.494 e. The summed E-state index contributed by atoms with van der Waals surface area (Å²) in [4.78, 5) is 23.7. The Bertz CT molecular complexity index is 512. The number of carboxylic acid groups (broad SMARTS) is 1. The van der Waals surface area contributed by atoms with Crippen LogP contribution in [0.2, 0.25) is 0 Å². The summed E-state index contributed by atoms with van der Waals surface area (Å²) in [6.07, 6.45) is 5.26. The number of hydrogen-bond donors (Lipinski definition) is 1. The predicted molar refractivity (Wildman–Crippen MR) is 84.3 cm³/mol. The summed E-state index contributed by atoms with van der Waals surface area (Å²) < 4.78 is 5.37. The van der Waals surface area contributed by atoms with Crippen LogP contribution in [-0.2, 0) is 4.79 Å². The van der Waals surface area contributed by atoms with Gasteiger partial charge in [-0.1, -0.05) is 19.3 Å². The first kappa shape index (κ1) is 16.5. The normalized spacial score (nSPS) is 17.0. The van der Waals surface area contributed by atoms with Crippen LogP contribution in [0.1, 0.15) is 62.2 Å². The first-order chi connectivity index (χ1) is 10.5. The summed E-state index contributed by atoms with van der Waals surface area (Å²) in [5.74, 6) is -0.0236. The van der Waals surface area contributed by atoms with Crippen LogP contribution < -0.4 is 4.74 Å². The van der Waals surface area contributed by atoms with Crippen molar-refractivity contribution in [3.63, 3.8) is 0 Å². The van der Waals surface area contributed by atoms with Gasteiger partial charge in [-0.2, -0.15) is 0 Å². The van der Waals surface area contributed by atoms with Crippen LogP contribution in [0.25, 0.3) is 0 Å². The van der Waals surface area contributed by atoms with Crippen molar-refractivity contribution in [2.75, 3.05) is 6.61 Å². The quantitative estimate of drug-likeness (QED) is 0.771. The highest BCUT2D eigenvalue weighted by Gasteiger charge is 2.36. The third kappa shape index (κ3) is 4.33. The summed E-state index contributed by atoms with van der Waals surface area (Å²) in [6, 6.07) is 7.12. The van der Waals surface area contributed by atoms with E-state index in [-0.39, 0.29) is 17.6 Å². The first-order valence-electron chi connectivity index (χ1n) is 8.02. The van der Waals surface area contributed by atoms with Gasteiger partial charge in [0.15, 0.2) is 5.78 Å². The lowest BCUT2D eigenvalue weighted by molar-refractivity contribution is -0.140. The molecule has 0 unspecified atom stereocenters. The molecule has 0 bridgehead atoms. The minimum atomic E-state index is -0.804. The number of rotatable bonds is 7. The fraction of sp³-hybridized carbons (Fsp3) is 0.556. The van der Waals surface area contributed by atoms with Crippen LogP contribution in [0.3, 0.4) is 0 Å². The Kier molecular flexibility index (Phi) is 5.58. The lowest BCUT2D eigenvalue weighted by Crippen LogP contribution is -2.30. The molecule has 22 heavy (non-hydrogen) atoms. The van der Waals surface area contributed by atoms with Crippen molar-refractivity contribution >= 4 is 11.8 Å². The van der Waals surface area contributed by atoms with Gasteiger partial charge < -0.3 is 9.84 Å². The van der Waals surface area contributed by atoms with Crippen molar-refractivity contribution in [2.24, 2.45) is 5.41 Å². The minimum absolute atomic E-state index is 0.0335. The second-order valence-electron chi connectivity index (χ2n) is 6.19. The van der Waals surface area contributed by atoms with Gasteiger partial charge >= 0.3 is 5.97 Å². The van der Waals surface area contributed by atoms with Gasteiger partial charge in [0, 0.05) is 12.0 Å². The maximum absolute atomic E-state index is 12.5. The number of carboxylic acids is 1. The summed E-state index contributed by atoms with van der Waals surface area (Å²) in [7, 11) is 0. The standard InChI is InChI=1S/C18H24O4/c1-2-22-15-8-6-14(7-9-15)16(19)12-18(13-17(20)21)10-4-3-5-11-18/h6-9H,2-5,10-13H2,1H3,(H,20,21). The van der Waals surface area contributed by atoms with E-state index >= 15 is 0 Å². The Morgan fingerprint density at radius 1 is 1.09 bits per heavy atom. The molecule has 4 nitrogen and oxygen atoms in total. The Balaban J connectivity index is 2.08. The van der Waals surface area contributed by atoms with Crippen molar-refractivity contribution < 1.29 is 19.4 Å². The van der Waals surface area contributed by atoms with Crippen LogP contribution in [-0.4, -0.2) is 23.5 Å². The number of carbonyl (C=O) groups is 2. The van der Waals surface area contributed by atoms with E-state index in [0.717, 1.165) is 37.9 Å². The Labute approximate surface area is 131 Å². The number of ketones is 1. The van der Waals surface area contributed by atoms with E-state index in [1.54, 1.807) is 24.3 Å². The molecular formula is C18H24O4. The zero-order valence-electron chi connectivity index (χ0n) is 13.1. The van der Waals surface area contributed by atoms with Crippen LogP contribution in [0, 0.1) is 5.41 Å². The van der Waals surface area contributed by atoms with E-state index in [1.165, 1.54) is 0 Å². The van der Waals surface area contributed by atoms with Gasteiger partial charge in [-0.15, -0.1) is 0 Å². The van der Waals surface area contributed by atoms with Crippen molar-refractivity contribution in [3.05, 3.63) is 29.8 Å². The number of ether oxygens (including phenoxy) is 1. The summed E-state index contributed by atoms with van der Waals surface area (Å²) >= 11 is 0. The molecule has 0 atom stereocenters. The molecule has 1 fully saturated rings. The van der Waals surface area contributed by atoms with E-state index in [1.807, 2.05) is 6.92 Å². The van der Waals surface area contributed by atoms with Crippen molar-refractivity contribution in [3.8, 4) is 5.75 Å². The van der Waals surface area contributed by atoms with Crippen molar-refractivity contribution in [1.82, 2.24) is 0 Å². The first-order valence-corrected chi connectivity index (χ1v) is 8.02. The molecule has 1 aliphatic rings. The average Bonchev–Trinajstić information content (AvgIpc) is 2.48. The Morgan fingerprint density at radius 3 is 2.27 bits per heavy atom. The van der Waals surface area contributed by atoms with Gasteiger partial charge in [0.25, 0.3) is 0 Å². The lowest BCUT2D eigenvalue weighted by Gasteiger charge is -2.35. The zero-order chi connectivity index (χ0) is 16.0. The number of carbonyl (C=O) groups excluding carboxylic acids is 1. The monoisotopic (exact) mass is 304 g/mol. The van der Waals surface area contributed by atoms with Crippen molar-refractivity contribution in [2.45, 2.75) is 51.9 Å². The lowest BCUT2D eigenvalue weighted by atomic mass is 9.68. The summed E-state index contributed by atoms with van der Waals surface area (Å²) in [5.41, 5.74) is 0.276. The van der Waals surface area contributed by atoms with Gasteiger partial charge in [0.05, 0.1) is 13.0 Å². The van der Waals surface area contributed by atoms with E-state index in [9.17, 15) is 14.7 Å². The second-order valence-corrected chi connectivity index (χ2v) is 6.19. The second kappa shape index (κ2) is 7.43. The third-order valence-corrected chi connectivity index (χ3v) is 4.46. The van der Waals surface area contributed by atoms with Crippen molar-refractivity contribution in [1.29, 1.82) is 0 Å². The largest absolute Gasteiger partial charge is 0.494 e. The van der Waals surface area contributed by atoms with E-state index in [4.69, 9.17) is 4.74 Å². The Hall–Kier alpha value is -1.84. The fourth-order valence-electron chi connectivity index (χ4n) is 3.39. The highest BCUT2D eigenvalue weighted by molar-refractivity contribution is 5.96. The topological polar surface area (TPSA) is 63.6 Å². The van der Waals surface area contributed by atoms with Gasteiger partial charge in [-0.25, -0.2) is 0 Å². The summed E-state index contributed by atoms with van der Waals surface area (Å²) in [5, 5.41) is 9.18. The smallest absolute Gasteiger partial charge is 0.303 e. The molecule has 0 aromatic heterocycles. The van der Waals surface area contributed by atoms with Gasteiger partial charge in [0.2, 0.25) is 0 Å². The molecule has 0 radical (unpaired) electrons. The molecule has 0 heterocycles. The van der Waals surface area contributed by atoms with E-state index in [2.05, 4.69) is 0 Å². The number of benzene rings is 1. The maximum atomic E-state index is 12.5. The van der Waals surface area contributed by atoms with E-state index in [0.29, 0.717) is 18.6 Å². The van der Waals surface area contributed by atoms with Crippen LogP contribution in [0.5, 0.6) is 5.75 Å². The molecule has 1 aromatic rings. The molecule has 0 amide bonds. The molecule has 0 aliphatic heterocycles. The van der Waals surface area contributed by atoms with Gasteiger partial charge in [-0.3, -0.25) is 9.59 Å². The average molecular weight is 304 g/mol. The molecule has 2 rings (SSSR count). The molecule has 1 aromatic carbocycles. The molecule has 1 aliphatic carbocycles. The van der Waals surface area contributed by atoms with Gasteiger partial charge in [-0.05, 0) is 49.4 Å². The third-order valence-electron chi connectivity index (χ3n) is 4.46. The molecule has 0 saturated heterocycles. The van der Waals surface area contributed by atoms with Gasteiger partial charge in [0.1, 0.15) is 5.75 Å². The molecular weight excluding hydrogens is 280 g/mol. The fourth-order valence-corrected chi connectivity index (χ4v) is 3.39. The molecule has 1 N–H and O–H groups in total. The molecule has 1 saturated carbocycles. The number of aliphatic carboxylic acids is 1. The zero-order valence-corrected chi connectivity index (χ0v) is 13.1. The van der Waals surface area contributed by atoms with Crippen LogP contribution in [0.15, 0.2) is 24.3 Å². The molecule has 4 heteroatoms. The van der Waals surface area contributed by atoms with E-state index < -0.39 is 5.97 Å².